The van der Waals surface area contributed by atoms with Gasteiger partial charge >= 0.3 is 0 Å². The van der Waals surface area contributed by atoms with Crippen LogP contribution in [0.2, 0.25) is 6.82 Å². The number of hydrogen-bond acceptors (Lipinski definition) is 4. The van der Waals surface area contributed by atoms with E-state index >= 15 is 0 Å². The van der Waals surface area contributed by atoms with E-state index in [9.17, 15) is 5.26 Å². The Balaban J connectivity index is 1.66. The molecule has 1 aromatic carbocycles. The lowest BCUT2D eigenvalue weighted by molar-refractivity contribution is 0.343. The highest BCUT2D eigenvalue weighted by Gasteiger charge is 2.42. The molecule has 2 unspecified atom stereocenters. The van der Waals surface area contributed by atoms with Gasteiger partial charge in [0.25, 0.3) is 0 Å². The summed E-state index contributed by atoms with van der Waals surface area (Å²) < 4.78 is 2.29. The molecule has 2 bridgehead atoms. The monoisotopic (exact) mass is 425 g/mol. The van der Waals surface area contributed by atoms with Gasteiger partial charge in [-0.25, -0.2) is 9.97 Å². The Kier molecular flexibility index (Phi) is 5.24. The number of aryl methyl sites for hydroxylation is 4. The number of nitriles is 1. The minimum absolute atomic E-state index is 0.486. The van der Waals surface area contributed by atoms with Gasteiger partial charge in [0.15, 0.2) is 12.9 Å². The van der Waals surface area contributed by atoms with E-state index in [0.717, 1.165) is 37.4 Å². The van der Waals surface area contributed by atoms with E-state index in [0.29, 0.717) is 24.4 Å². The number of piperidine rings is 1. The normalized spacial score (nSPS) is 22.4. The van der Waals surface area contributed by atoms with Crippen molar-refractivity contribution in [3.63, 3.8) is 0 Å². The van der Waals surface area contributed by atoms with Gasteiger partial charge in [0.05, 0.1) is 17.1 Å². The lowest BCUT2D eigenvalue weighted by Crippen LogP contribution is -2.43. The molecule has 32 heavy (non-hydrogen) atoms. The summed E-state index contributed by atoms with van der Waals surface area (Å²) in [6.45, 7) is 10.8. The van der Waals surface area contributed by atoms with Gasteiger partial charge in [-0.1, -0.05) is 24.4 Å². The van der Waals surface area contributed by atoms with Gasteiger partial charge in [-0.2, -0.15) is 5.26 Å². The third kappa shape index (κ3) is 3.30. The molecule has 5 rings (SSSR count). The van der Waals surface area contributed by atoms with Crippen molar-refractivity contribution in [1.82, 2.24) is 14.5 Å². The standard InChI is InChI=1S/C26H32BN5/c1-15-10-20(27-5)11-16(2)24(15)31-14-17(3)23-25(31)29-18(4)30-26(23)32-21-6-7-22(32)13-19(12-21)8-9-28/h10-11,14,19,21-22,27H,6-8,12-13H2,1-5H3. The molecule has 2 atom stereocenters. The fourth-order valence-corrected chi connectivity index (χ4v) is 6.31. The van der Waals surface area contributed by atoms with Crippen LogP contribution >= 0.6 is 0 Å². The molecule has 2 saturated heterocycles. The van der Waals surface area contributed by atoms with E-state index < -0.39 is 0 Å². The van der Waals surface area contributed by atoms with E-state index in [1.807, 2.05) is 6.92 Å². The molecule has 0 N–H and O–H groups in total. The lowest BCUT2D eigenvalue weighted by atomic mass is 9.72. The van der Waals surface area contributed by atoms with Crippen LogP contribution in [0.5, 0.6) is 0 Å². The van der Waals surface area contributed by atoms with Crippen LogP contribution in [0.1, 0.15) is 54.6 Å². The second-order valence-electron chi connectivity index (χ2n) is 9.90. The molecule has 4 heterocycles. The van der Waals surface area contributed by atoms with Crippen LogP contribution < -0.4 is 10.4 Å². The minimum atomic E-state index is 0.486. The third-order valence-electron chi connectivity index (χ3n) is 7.58. The number of anilines is 1. The quantitative estimate of drug-likeness (QED) is 0.581. The van der Waals surface area contributed by atoms with Crippen LogP contribution in [-0.4, -0.2) is 33.9 Å². The predicted octanol–water partition coefficient (Wildman–Crippen LogP) is 4.43. The highest BCUT2D eigenvalue weighted by atomic mass is 15.3. The summed E-state index contributed by atoms with van der Waals surface area (Å²) in [6, 6.07) is 7.98. The first-order valence-corrected chi connectivity index (χ1v) is 12.0. The molecule has 2 aliphatic heterocycles. The molecule has 2 aromatic heterocycles. The van der Waals surface area contributed by atoms with E-state index in [2.05, 4.69) is 61.5 Å². The smallest absolute Gasteiger partial charge is 0.154 e. The zero-order valence-electron chi connectivity index (χ0n) is 19.9. The van der Waals surface area contributed by atoms with Gasteiger partial charge in [0.2, 0.25) is 0 Å². The van der Waals surface area contributed by atoms with Crippen LogP contribution in [0, 0.1) is 44.9 Å². The maximum absolute atomic E-state index is 9.21. The first-order chi connectivity index (χ1) is 15.4. The zero-order chi connectivity index (χ0) is 22.6. The van der Waals surface area contributed by atoms with E-state index in [1.54, 1.807) is 0 Å². The van der Waals surface area contributed by atoms with Crippen LogP contribution in [0.4, 0.5) is 5.82 Å². The molecule has 5 nitrogen and oxygen atoms in total. The lowest BCUT2D eigenvalue weighted by Gasteiger charge is -2.39. The van der Waals surface area contributed by atoms with E-state index in [4.69, 9.17) is 9.97 Å². The third-order valence-corrected chi connectivity index (χ3v) is 7.58. The Morgan fingerprint density at radius 1 is 1.03 bits per heavy atom. The van der Waals surface area contributed by atoms with Gasteiger partial charge in [0.1, 0.15) is 11.6 Å². The highest BCUT2D eigenvalue weighted by Crippen LogP contribution is 2.44. The topological polar surface area (TPSA) is 57.7 Å². The van der Waals surface area contributed by atoms with Crippen molar-refractivity contribution in [2.75, 3.05) is 4.90 Å². The maximum atomic E-state index is 9.21. The SMILES string of the molecule is CBc1cc(C)c(-n2cc(C)c3c(N4C5CCC4CC(CC#N)C5)nc(C)nc32)c(C)c1. The number of nitrogens with zero attached hydrogens (tertiary/aromatic N) is 5. The van der Waals surface area contributed by atoms with Crippen molar-refractivity contribution >= 4 is 29.6 Å². The number of hydrogen-bond donors (Lipinski definition) is 0. The molecular weight excluding hydrogens is 393 g/mol. The largest absolute Gasteiger partial charge is 0.350 e. The Bertz CT molecular complexity index is 1200. The molecule has 0 amide bonds. The Morgan fingerprint density at radius 3 is 2.28 bits per heavy atom. The molecule has 0 saturated carbocycles. The Labute approximate surface area is 191 Å². The number of rotatable bonds is 4. The van der Waals surface area contributed by atoms with E-state index in [-0.39, 0.29) is 0 Å². The molecule has 6 heteroatoms. The van der Waals surface area contributed by atoms with Crippen molar-refractivity contribution < 1.29 is 0 Å². The average molecular weight is 425 g/mol. The molecule has 2 aliphatic rings. The summed E-state index contributed by atoms with van der Waals surface area (Å²) in [5.41, 5.74) is 7.43. The number of fused-ring (bicyclic) bond motifs is 3. The predicted molar refractivity (Wildman–Crippen MR) is 133 cm³/mol. The molecule has 0 radical (unpaired) electrons. The van der Waals surface area contributed by atoms with Crippen molar-refractivity contribution in [2.24, 2.45) is 5.92 Å². The van der Waals surface area contributed by atoms with Crippen molar-refractivity contribution in [3.8, 4) is 11.8 Å². The number of benzene rings is 1. The van der Waals surface area contributed by atoms with Gasteiger partial charge < -0.3 is 9.47 Å². The first-order valence-electron chi connectivity index (χ1n) is 12.0. The highest BCUT2D eigenvalue weighted by molar-refractivity contribution is 6.52. The molecule has 0 aliphatic carbocycles. The fourth-order valence-electron chi connectivity index (χ4n) is 6.31. The van der Waals surface area contributed by atoms with Crippen LogP contribution in [0.25, 0.3) is 16.7 Å². The second-order valence-corrected chi connectivity index (χ2v) is 9.90. The van der Waals surface area contributed by atoms with Crippen LogP contribution in [-0.2, 0) is 0 Å². The van der Waals surface area contributed by atoms with Gasteiger partial charge in [-0.05, 0) is 76.0 Å². The van der Waals surface area contributed by atoms with Gasteiger partial charge in [-0.3, -0.25) is 0 Å². The van der Waals surface area contributed by atoms with Crippen molar-refractivity contribution in [3.05, 3.63) is 40.8 Å². The summed E-state index contributed by atoms with van der Waals surface area (Å²) in [5, 5.41) is 10.4. The molecule has 2 fully saturated rings. The second kappa shape index (κ2) is 7.96. The first kappa shape index (κ1) is 21.1. The molecule has 0 spiro atoms. The zero-order valence-corrected chi connectivity index (χ0v) is 19.9. The maximum Gasteiger partial charge on any atom is 0.154 e. The summed E-state index contributed by atoms with van der Waals surface area (Å²) in [5.74, 6) is 2.46. The van der Waals surface area contributed by atoms with Crippen molar-refractivity contribution in [1.29, 1.82) is 5.26 Å². The average Bonchev–Trinajstić information content (AvgIpc) is 3.20. The van der Waals surface area contributed by atoms with Gasteiger partial charge in [0, 0.05) is 24.7 Å². The molecular formula is C26H32BN5. The molecule has 164 valence electrons. The van der Waals surface area contributed by atoms with Crippen molar-refractivity contribution in [2.45, 2.75) is 78.7 Å². The summed E-state index contributed by atoms with van der Waals surface area (Å²) in [6.07, 6.45) is 7.53. The Morgan fingerprint density at radius 2 is 1.69 bits per heavy atom. The van der Waals surface area contributed by atoms with Gasteiger partial charge in [-0.15, -0.1) is 0 Å². The molecule has 3 aromatic rings. The van der Waals surface area contributed by atoms with E-state index in [1.165, 1.54) is 46.1 Å². The van der Waals surface area contributed by atoms with Crippen LogP contribution in [0.3, 0.4) is 0 Å². The van der Waals surface area contributed by atoms with Crippen LogP contribution in [0.15, 0.2) is 18.3 Å². The Hall–Kier alpha value is -2.81. The summed E-state index contributed by atoms with van der Waals surface area (Å²) in [4.78, 5) is 12.5. The number of aromatic nitrogens is 3. The summed E-state index contributed by atoms with van der Waals surface area (Å²) in [7, 11) is 1.05. The fraction of sp³-hybridized carbons (Fsp3) is 0.500. The minimum Gasteiger partial charge on any atom is -0.350 e. The summed E-state index contributed by atoms with van der Waals surface area (Å²) >= 11 is 0.